The molecule has 22 heavy (non-hydrogen) atoms. The van der Waals surface area contributed by atoms with Crippen LogP contribution in [0.2, 0.25) is 0 Å². The van der Waals surface area contributed by atoms with Gasteiger partial charge in [0.25, 0.3) is 5.91 Å². The molecule has 0 aliphatic rings. The van der Waals surface area contributed by atoms with Gasteiger partial charge < -0.3 is 4.52 Å². The third kappa shape index (κ3) is 2.89. The average molecular weight is 314 g/mol. The van der Waals surface area contributed by atoms with Crippen molar-refractivity contribution >= 4 is 22.4 Å². The molecule has 3 aromatic rings. The van der Waals surface area contributed by atoms with Gasteiger partial charge in [0.1, 0.15) is 5.01 Å². The first-order valence-corrected chi connectivity index (χ1v) is 7.50. The molecule has 112 valence electrons. The molecule has 0 atom stereocenters. The molecule has 2 heterocycles. The van der Waals surface area contributed by atoms with E-state index in [1.807, 2.05) is 39.0 Å². The first-order valence-electron chi connectivity index (χ1n) is 6.69. The summed E-state index contributed by atoms with van der Waals surface area (Å²) in [7, 11) is 0. The fraction of sp³-hybridized carbons (Fsp3) is 0.200. The predicted molar refractivity (Wildman–Crippen MR) is 84.0 cm³/mol. The van der Waals surface area contributed by atoms with Crippen molar-refractivity contribution in [2.45, 2.75) is 20.8 Å². The number of nitrogens with zero attached hydrogens (tertiary/aromatic N) is 3. The molecular weight excluding hydrogens is 300 g/mol. The van der Waals surface area contributed by atoms with Crippen LogP contribution in [0.4, 0.5) is 5.13 Å². The summed E-state index contributed by atoms with van der Waals surface area (Å²) in [6.07, 6.45) is 0. The summed E-state index contributed by atoms with van der Waals surface area (Å²) in [5, 5.41) is 15.4. The maximum atomic E-state index is 12.1. The second kappa shape index (κ2) is 5.69. The molecule has 0 radical (unpaired) electrons. The Hall–Kier alpha value is -2.54. The van der Waals surface area contributed by atoms with Gasteiger partial charge in [-0.05, 0) is 38.0 Å². The van der Waals surface area contributed by atoms with Gasteiger partial charge in [0.15, 0.2) is 11.5 Å². The highest BCUT2D eigenvalue weighted by molar-refractivity contribution is 7.15. The van der Waals surface area contributed by atoms with Crippen molar-refractivity contribution < 1.29 is 9.32 Å². The highest BCUT2D eigenvalue weighted by Crippen LogP contribution is 2.23. The van der Waals surface area contributed by atoms with E-state index in [2.05, 4.69) is 20.7 Å². The van der Waals surface area contributed by atoms with Crippen LogP contribution in [0.5, 0.6) is 0 Å². The zero-order valence-electron chi connectivity index (χ0n) is 12.4. The molecule has 0 aliphatic carbocycles. The molecule has 0 saturated heterocycles. The van der Waals surface area contributed by atoms with Crippen LogP contribution < -0.4 is 5.32 Å². The van der Waals surface area contributed by atoms with E-state index in [0.717, 1.165) is 16.1 Å². The Balaban J connectivity index is 1.80. The van der Waals surface area contributed by atoms with Crippen LogP contribution >= 0.6 is 11.3 Å². The minimum absolute atomic E-state index is 0.209. The number of benzene rings is 1. The van der Waals surface area contributed by atoms with E-state index in [1.165, 1.54) is 16.9 Å². The lowest BCUT2D eigenvalue weighted by atomic mass is 10.0. The molecule has 0 aliphatic heterocycles. The monoisotopic (exact) mass is 314 g/mol. The average Bonchev–Trinajstić information content (AvgIpc) is 3.11. The van der Waals surface area contributed by atoms with E-state index in [0.29, 0.717) is 10.9 Å². The van der Waals surface area contributed by atoms with Gasteiger partial charge in [-0.3, -0.25) is 10.1 Å². The van der Waals surface area contributed by atoms with Gasteiger partial charge in [-0.2, -0.15) is 0 Å². The quantitative estimate of drug-likeness (QED) is 0.801. The smallest absolute Gasteiger partial charge is 0.279 e. The van der Waals surface area contributed by atoms with E-state index in [4.69, 9.17) is 4.52 Å². The van der Waals surface area contributed by atoms with Crippen LogP contribution in [-0.4, -0.2) is 21.3 Å². The van der Waals surface area contributed by atoms with Gasteiger partial charge >= 0.3 is 0 Å². The zero-order chi connectivity index (χ0) is 15.7. The van der Waals surface area contributed by atoms with Crippen molar-refractivity contribution in [2.75, 3.05) is 5.32 Å². The molecule has 6 nitrogen and oxygen atoms in total. The molecule has 7 heteroatoms. The van der Waals surface area contributed by atoms with E-state index in [-0.39, 0.29) is 11.6 Å². The van der Waals surface area contributed by atoms with E-state index in [9.17, 15) is 4.79 Å². The Morgan fingerprint density at radius 1 is 1.14 bits per heavy atom. The van der Waals surface area contributed by atoms with E-state index < -0.39 is 0 Å². The summed E-state index contributed by atoms with van der Waals surface area (Å²) in [6.45, 7) is 5.89. The largest absolute Gasteiger partial charge is 0.355 e. The number of aryl methyl sites for hydroxylation is 3. The summed E-state index contributed by atoms with van der Waals surface area (Å²) in [6, 6.07) is 7.58. The molecule has 1 N–H and O–H groups in total. The van der Waals surface area contributed by atoms with Crippen molar-refractivity contribution in [3.63, 3.8) is 0 Å². The second-order valence-electron chi connectivity index (χ2n) is 4.96. The predicted octanol–water partition coefficient (Wildman–Crippen LogP) is 3.37. The number of carbonyl (C=O) groups excluding carboxylic acids is 1. The van der Waals surface area contributed by atoms with Crippen LogP contribution in [0, 0.1) is 20.8 Å². The molecule has 0 spiro atoms. The Labute approximate surface area is 131 Å². The van der Waals surface area contributed by atoms with Crippen molar-refractivity contribution in [3.8, 4) is 11.3 Å². The highest BCUT2D eigenvalue weighted by Gasteiger charge is 2.15. The van der Waals surface area contributed by atoms with Gasteiger partial charge in [-0.25, -0.2) is 0 Å². The first-order chi connectivity index (χ1) is 10.5. The van der Waals surface area contributed by atoms with Crippen LogP contribution in [0.3, 0.4) is 0 Å². The third-order valence-corrected chi connectivity index (χ3v) is 4.03. The molecule has 0 unspecified atom stereocenters. The first kappa shape index (κ1) is 14.4. The normalized spacial score (nSPS) is 10.7. The van der Waals surface area contributed by atoms with Gasteiger partial charge in [0, 0.05) is 11.6 Å². The number of carbonyl (C=O) groups is 1. The lowest BCUT2D eigenvalue weighted by molar-refractivity contribution is 0.101. The van der Waals surface area contributed by atoms with Gasteiger partial charge in [-0.15, -0.1) is 10.2 Å². The molecule has 1 aromatic carbocycles. The second-order valence-corrected chi connectivity index (χ2v) is 6.14. The summed E-state index contributed by atoms with van der Waals surface area (Å²) in [5.41, 5.74) is 3.46. The molecule has 0 fully saturated rings. The van der Waals surface area contributed by atoms with Crippen LogP contribution in [0.1, 0.15) is 26.6 Å². The van der Waals surface area contributed by atoms with Crippen LogP contribution in [0.15, 0.2) is 28.8 Å². The number of hydrogen-bond acceptors (Lipinski definition) is 6. The fourth-order valence-electron chi connectivity index (χ4n) is 1.92. The highest BCUT2D eigenvalue weighted by atomic mass is 32.1. The molecular formula is C15H14N4O2S. The zero-order valence-corrected chi connectivity index (χ0v) is 13.2. The van der Waals surface area contributed by atoms with Crippen LogP contribution in [0.25, 0.3) is 11.3 Å². The molecule has 0 saturated carbocycles. The summed E-state index contributed by atoms with van der Waals surface area (Å²) < 4.78 is 5.27. The minimum atomic E-state index is -0.366. The number of hydrogen-bond donors (Lipinski definition) is 1. The summed E-state index contributed by atoms with van der Waals surface area (Å²) in [5.74, 6) is 0.191. The van der Waals surface area contributed by atoms with Crippen molar-refractivity contribution in [2.24, 2.45) is 0 Å². The molecule has 0 bridgehead atoms. The lowest BCUT2D eigenvalue weighted by Gasteiger charge is -2.01. The van der Waals surface area contributed by atoms with Gasteiger partial charge in [0.05, 0.1) is 0 Å². The Bertz CT molecular complexity index is 838. The van der Waals surface area contributed by atoms with E-state index >= 15 is 0 Å². The van der Waals surface area contributed by atoms with E-state index in [1.54, 1.807) is 6.07 Å². The molecule has 3 rings (SSSR count). The van der Waals surface area contributed by atoms with Crippen molar-refractivity contribution in [1.82, 2.24) is 15.4 Å². The Morgan fingerprint density at radius 2 is 1.95 bits per heavy atom. The Kier molecular flexibility index (Phi) is 3.72. The maximum Gasteiger partial charge on any atom is 0.279 e. The summed E-state index contributed by atoms with van der Waals surface area (Å²) >= 11 is 1.30. The fourth-order valence-corrected chi connectivity index (χ4v) is 2.51. The third-order valence-electron chi connectivity index (χ3n) is 3.28. The van der Waals surface area contributed by atoms with Crippen molar-refractivity contribution in [3.05, 3.63) is 46.1 Å². The topological polar surface area (TPSA) is 80.9 Å². The Morgan fingerprint density at radius 3 is 2.64 bits per heavy atom. The SMILES string of the molecule is Cc1nnc(NC(=O)c2cc(-c3ccc(C)c(C)c3)on2)s1. The number of anilines is 1. The summed E-state index contributed by atoms with van der Waals surface area (Å²) in [4.78, 5) is 12.1. The lowest BCUT2D eigenvalue weighted by Crippen LogP contribution is -2.11. The van der Waals surface area contributed by atoms with Gasteiger partial charge in [0.2, 0.25) is 5.13 Å². The maximum absolute atomic E-state index is 12.1. The molecule has 2 aromatic heterocycles. The number of rotatable bonds is 3. The van der Waals surface area contributed by atoms with Crippen LogP contribution in [-0.2, 0) is 0 Å². The number of amides is 1. The van der Waals surface area contributed by atoms with Crippen molar-refractivity contribution in [1.29, 1.82) is 0 Å². The standard InChI is InChI=1S/C15H14N4O2S/c1-8-4-5-11(6-9(8)2)13-7-12(19-21-13)14(20)16-15-18-17-10(3)22-15/h4-7H,1-3H3,(H,16,18,20). The number of aromatic nitrogens is 3. The van der Waals surface area contributed by atoms with Gasteiger partial charge in [-0.1, -0.05) is 28.6 Å². The molecule has 1 amide bonds. The minimum Gasteiger partial charge on any atom is -0.355 e. The number of nitrogens with one attached hydrogen (secondary N) is 1.